The molecule has 2 atom stereocenters. The average Bonchev–Trinajstić information content (AvgIpc) is 3.38. The van der Waals surface area contributed by atoms with Crippen molar-refractivity contribution in [2.45, 2.75) is 50.4 Å². The Morgan fingerprint density at radius 3 is 2.27 bits per heavy atom. The number of phenolic OH excluding ortho intramolecular Hbond substituents is 1. The molecule has 14 nitrogen and oxygen atoms in total. The van der Waals surface area contributed by atoms with Gasteiger partial charge in [0.05, 0.1) is 18.2 Å². The second-order valence-electron chi connectivity index (χ2n) is 19.2. The number of aromatic nitrogens is 1. The van der Waals surface area contributed by atoms with Gasteiger partial charge in [-0.1, -0.05) is 91.0 Å². The van der Waals surface area contributed by atoms with E-state index in [2.05, 4.69) is 39.5 Å². The van der Waals surface area contributed by atoms with Crippen molar-refractivity contribution >= 4 is 28.7 Å². The molecule has 3 aliphatic heterocycles. The van der Waals surface area contributed by atoms with Crippen LogP contribution in [0.2, 0.25) is 0 Å². The lowest BCUT2D eigenvalue weighted by Crippen LogP contribution is -2.65. The van der Waals surface area contributed by atoms with Crippen molar-refractivity contribution in [3.8, 4) is 11.5 Å². The van der Waals surface area contributed by atoms with E-state index in [1.165, 1.54) is 17.7 Å². The quantitative estimate of drug-likeness (QED) is 0.0539. The predicted molar refractivity (Wildman–Crippen MR) is 265 cm³/mol. The number of hydrogen-bond donors (Lipinski definition) is 5. The number of benzene rings is 5. The summed E-state index contributed by atoms with van der Waals surface area (Å²) in [6.07, 6.45) is 3.34. The fourth-order valence-electron chi connectivity index (χ4n) is 10.3. The number of ether oxygens (including phenoxy) is 2. The van der Waals surface area contributed by atoms with Crippen molar-refractivity contribution in [1.29, 1.82) is 0 Å². The van der Waals surface area contributed by atoms with E-state index in [1.54, 1.807) is 65.6 Å². The fourth-order valence-corrected chi connectivity index (χ4v) is 10.3. The minimum absolute atomic E-state index is 0.0402. The molecule has 70 heavy (non-hydrogen) atoms. The van der Waals surface area contributed by atoms with Gasteiger partial charge in [0, 0.05) is 67.3 Å². The summed E-state index contributed by atoms with van der Waals surface area (Å²) in [5.41, 5.74) is 1.83. The van der Waals surface area contributed by atoms with Gasteiger partial charge in [0.15, 0.2) is 6.61 Å². The van der Waals surface area contributed by atoms with Gasteiger partial charge in [0.25, 0.3) is 11.8 Å². The number of H-pyrrole nitrogens is 1. The summed E-state index contributed by atoms with van der Waals surface area (Å²) >= 11 is 0. The minimum atomic E-state index is -2.10. The lowest BCUT2D eigenvalue weighted by atomic mass is 9.73. The monoisotopic (exact) mass is 947 g/mol. The first-order chi connectivity index (χ1) is 34.0. The molecule has 9 rings (SSSR count). The SMILES string of the molecule is O=C(COc1cccc([C@](O)(C(=O)OCC2CCN(Cc3ccccc3)CC2)c2ccccc2)c1)N1CC2(CCCN(C(=O)c3ccc(CCNC[C@H](O)c4ccc(O)c5[nH]c(=O)ccc45)cc3)C2)C1. The van der Waals surface area contributed by atoms with Crippen molar-refractivity contribution in [2.24, 2.45) is 11.3 Å². The summed E-state index contributed by atoms with van der Waals surface area (Å²) in [6, 6.07) is 39.4. The number of fused-ring (bicyclic) bond motifs is 1. The number of hydrogen-bond acceptors (Lipinski definition) is 11. The van der Waals surface area contributed by atoms with Gasteiger partial charge >= 0.3 is 5.97 Å². The number of aliphatic hydroxyl groups excluding tert-OH is 1. The number of carbonyl (C=O) groups is 3. The van der Waals surface area contributed by atoms with Crippen LogP contribution >= 0.6 is 0 Å². The van der Waals surface area contributed by atoms with Crippen molar-refractivity contribution in [2.75, 3.05) is 65.6 Å². The summed E-state index contributed by atoms with van der Waals surface area (Å²) in [5, 5.41) is 37.1. The summed E-state index contributed by atoms with van der Waals surface area (Å²) in [7, 11) is 0. The number of pyridine rings is 1. The van der Waals surface area contributed by atoms with E-state index < -0.39 is 17.7 Å². The van der Waals surface area contributed by atoms with Crippen molar-refractivity contribution < 1.29 is 39.2 Å². The smallest absolute Gasteiger partial charge is 0.347 e. The number of nitrogens with one attached hydrogen (secondary N) is 2. The number of nitrogens with zero attached hydrogens (tertiary/aromatic N) is 3. The van der Waals surface area contributed by atoms with Crippen LogP contribution in [0.3, 0.4) is 0 Å². The zero-order valence-corrected chi connectivity index (χ0v) is 39.3. The number of aromatic amines is 1. The minimum Gasteiger partial charge on any atom is -0.506 e. The molecule has 1 aromatic heterocycles. The molecule has 2 amide bonds. The van der Waals surface area contributed by atoms with Crippen LogP contribution in [0.1, 0.15) is 70.0 Å². The van der Waals surface area contributed by atoms with Gasteiger partial charge in [-0.25, -0.2) is 4.79 Å². The van der Waals surface area contributed by atoms with E-state index in [0.717, 1.165) is 50.9 Å². The van der Waals surface area contributed by atoms with Gasteiger partial charge in [-0.05, 0) is 116 Å². The number of phenols is 1. The zero-order valence-electron chi connectivity index (χ0n) is 39.3. The Kier molecular flexibility index (Phi) is 14.8. The zero-order chi connectivity index (χ0) is 48.7. The van der Waals surface area contributed by atoms with Crippen LogP contribution in [0.15, 0.2) is 138 Å². The molecule has 5 N–H and O–H groups in total. The molecule has 14 heteroatoms. The number of aliphatic hydroxyl groups is 2. The number of amides is 2. The topological polar surface area (TPSA) is 185 Å². The Morgan fingerprint density at radius 2 is 1.51 bits per heavy atom. The Bertz CT molecular complexity index is 2830. The standard InChI is InChI=1S/C56H61N5O9/c62-48-21-19-46(47-20-22-50(64)58-52(47)48)49(63)32-57-27-23-39-15-17-42(18-16-39)53(66)60-28-8-26-55(36-60)37-61(38-55)51(65)35-69-45-14-7-13-44(31-45)56(68,43-11-5-2-6-12-43)54(67)70-34-41-24-29-59(30-25-41)33-40-9-3-1-4-10-40/h1-7,9-22,31,41,49,57,62-63,68H,8,23-30,32-38H2,(H,58,64)/t49-,56-/m0/s1. The van der Waals surface area contributed by atoms with Crippen molar-refractivity contribution in [3.05, 3.63) is 177 Å². The third-order valence-corrected chi connectivity index (χ3v) is 14.3. The van der Waals surface area contributed by atoms with Crippen LogP contribution in [0.4, 0.5) is 0 Å². The van der Waals surface area contributed by atoms with E-state index in [0.29, 0.717) is 72.5 Å². The predicted octanol–water partition coefficient (Wildman–Crippen LogP) is 5.93. The number of piperidine rings is 2. The fraction of sp³-hybridized carbons (Fsp3) is 0.357. The van der Waals surface area contributed by atoms with Crippen LogP contribution in [0.5, 0.6) is 11.5 Å². The van der Waals surface area contributed by atoms with E-state index in [9.17, 15) is 34.5 Å². The Labute approximate surface area is 407 Å². The Morgan fingerprint density at radius 1 is 0.800 bits per heavy atom. The molecule has 3 fully saturated rings. The van der Waals surface area contributed by atoms with E-state index >= 15 is 0 Å². The number of rotatable bonds is 17. The summed E-state index contributed by atoms with van der Waals surface area (Å²) in [6.45, 7) is 5.77. The first-order valence-electron chi connectivity index (χ1n) is 24.3. The van der Waals surface area contributed by atoms with Gasteiger partial charge in [0.1, 0.15) is 11.5 Å². The van der Waals surface area contributed by atoms with Gasteiger partial charge in [-0.2, -0.15) is 0 Å². The van der Waals surface area contributed by atoms with Gasteiger partial charge < -0.3 is 44.9 Å². The molecule has 0 unspecified atom stereocenters. The Balaban J connectivity index is 0.732. The van der Waals surface area contributed by atoms with Crippen LogP contribution < -0.4 is 15.6 Å². The second kappa shape index (κ2) is 21.4. The lowest BCUT2D eigenvalue weighted by Gasteiger charge is -2.54. The highest BCUT2D eigenvalue weighted by Gasteiger charge is 2.48. The molecule has 0 bridgehead atoms. The van der Waals surface area contributed by atoms with E-state index in [1.807, 2.05) is 41.3 Å². The lowest BCUT2D eigenvalue weighted by molar-refractivity contribution is -0.164. The highest BCUT2D eigenvalue weighted by Crippen LogP contribution is 2.40. The van der Waals surface area contributed by atoms with Crippen molar-refractivity contribution in [3.63, 3.8) is 0 Å². The summed E-state index contributed by atoms with van der Waals surface area (Å²) in [5.74, 6) is -0.522. The molecule has 4 heterocycles. The van der Waals surface area contributed by atoms with Gasteiger partial charge in [-0.15, -0.1) is 0 Å². The largest absolute Gasteiger partial charge is 0.506 e. The number of carbonyl (C=O) groups excluding carboxylic acids is 3. The molecule has 1 spiro atoms. The van der Waals surface area contributed by atoms with E-state index in [4.69, 9.17) is 9.47 Å². The molecule has 364 valence electrons. The molecule has 3 saturated heterocycles. The third-order valence-electron chi connectivity index (χ3n) is 14.3. The molecule has 0 saturated carbocycles. The maximum atomic E-state index is 13.9. The van der Waals surface area contributed by atoms with Crippen LogP contribution in [0.25, 0.3) is 10.9 Å². The molecule has 0 radical (unpaired) electrons. The second-order valence-corrected chi connectivity index (χ2v) is 19.2. The number of aromatic hydroxyl groups is 1. The van der Waals surface area contributed by atoms with Crippen LogP contribution in [0, 0.1) is 11.3 Å². The molecular weight excluding hydrogens is 887 g/mol. The van der Waals surface area contributed by atoms with Gasteiger partial charge in [0.2, 0.25) is 11.2 Å². The number of esters is 1. The first-order valence-corrected chi connectivity index (χ1v) is 24.3. The van der Waals surface area contributed by atoms with Crippen LogP contribution in [-0.2, 0) is 32.9 Å². The number of likely N-dealkylation sites (tertiary alicyclic amines) is 3. The average molecular weight is 948 g/mol. The molecule has 5 aromatic carbocycles. The molecule has 6 aromatic rings. The third kappa shape index (κ3) is 11.0. The molecule has 3 aliphatic rings. The highest BCUT2D eigenvalue weighted by atomic mass is 16.6. The summed E-state index contributed by atoms with van der Waals surface area (Å²) in [4.78, 5) is 61.6. The first kappa shape index (κ1) is 48.2. The maximum absolute atomic E-state index is 13.9. The van der Waals surface area contributed by atoms with Gasteiger partial charge in [-0.3, -0.25) is 19.3 Å². The Hall–Kier alpha value is -6.84. The van der Waals surface area contributed by atoms with Crippen molar-refractivity contribution in [1.82, 2.24) is 25.0 Å². The maximum Gasteiger partial charge on any atom is 0.347 e. The highest BCUT2D eigenvalue weighted by molar-refractivity contribution is 5.94. The van der Waals surface area contributed by atoms with E-state index in [-0.39, 0.29) is 59.8 Å². The normalized spacial score (nSPS) is 17.4. The van der Waals surface area contributed by atoms with Crippen LogP contribution in [-0.4, -0.2) is 118 Å². The summed E-state index contributed by atoms with van der Waals surface area (Å²) < 4.78 is 11.9. The molecular formula is C56H61N5O9. The molecule has 0 aliphatic carbocycles.